The van der Waals surface area contributed by atoms with E-state index in [4.69, 9.17) is 9.47 Å². The maximum atomic E-state index is 12.3. The Morgan fingerprint density at radius 3 is 2.25 bits per heavy atom. The van der Waals surface area contributed by atoms with Crippen LogP contribution in [0.1, 0.15) is 55.1 Å². The van der Waals surface area contributed by atoms with Gasteiger partial charge in [0.1, 0.15) is 11.7 Å². The van der Waals surface area contributed by atoms with Gasteiger partial charge in [0.15, 0.2) is 0 Å². The Balaban J connectivity index is 1.85. The van der Waals surface area contributed by atoms with Gasteiger partial charge in [-0.2, -0.15) is 0 Å². The average molecular weight is 333 g/mol. The monoisotopic (exact) mass is 333 g/mol. The second-order valence-electron chi connectivity index (χ2n) is 7.37. The van der Waals surface area contributed by atoms with E-state index < -0.39 is 5.60 Å². The predicted octanol–water partition coefficient (Wildman–Crippen LogP) is 3.86. The van der Waals surface area contributed by atoms with E-state index in [2.05, 4.69) is 0 Å². The van der Waals surface area contributed by atoms with Gasteiger partial charge < -0.3 is 14.4 Å². The molecular weight excluding hydrogens is 306 g/mol. The number of esters is 1. The van der Waals surface area contributed by atoms with Gasteiger partial charge >= 0.3 is 12.1 Å². The summed E-state index contributed by atoms with van der Waals surface area (Å²) in [5.74, 6) is -0.297. The van der Waals surface area contributed by atoms with Gasteiger partial charge in [-0.3, -0.25) is 0 Å². The Hall–Kier alpha value is -2.04. The summed E-state index contributed by atoms with van der Waals surface area (Å²) >= 11 is 0. The maximum absolute atomic E-state index is 12.3. The molecule has 0 atom stereocenters. The fourth-order valence-electron chi connectivity index (χ4n) is 2.57. The minimum absolute atomic E-state index is 0.155. The second kappa shape index (κ2) is 7.24. The first-order valence-corrected chi connectivity index (χ1v) is 8.42. The molecule has 0 bridgehead atoms. The normalized spacial score (nSPS) is 16.0. The molecule has 1 saturated heterocycles. The molecule has 1 aliphatic rings. The summed E-state index contributed by atoms with van der Waals surface area (Å²) in [6, 6.07) is 5.57. The number of carbonyl (C=O) groups is 2. The van der Waals surface area contributed by atoms with Crippen molar-refractivity contribution in [2.45, 2.75) is 59.2 Å². The fourth-order valence-corrected chi connectivity index (χ4v) is 2.57. The first-order valence-electron chi connectivity index (χ1n) is 8.42. The van der Waals surface area contributed by atoms with Crippen molar-refractivity contribution in [3.05, 3.63) is 34.9 Å². The number of ether oxygens (including phenoxy) is 2. The van der Waals surface area contributed by atoms with E-state index in [0.29, 0.717) is 31.5 Å². The third kappa shape index (κ3) is 4.98. The van der Waals surface area contributed by atoms with Crippen LogP contribution >= 0.6 is 0 Å². The van der Waals surface area contributed by atoms with Gasteiger partial charge in [0.2, 0.25) is 0 Å². The maximum Gasteiger partial charge on any atom is 0.410 e. The zero-order chi connectivity index (χ0) is 17.9. The summed E-state index contributed by atoms with van der Waals surface area (Å²) in [4.78, 5) is 26.0. The van der Waals surface area contributed by atoms with E-state index in [9.17, 15) is 9.59 Å². The van der Waals surface area contributed by atoms with Crippen molar-refractivity contribution in [1.29, 1.82) is 0 Å². The van der Waals surface area contributed by atoms with Crippen molar-refractivity contribution >= 4 is 12.1 Å². The number of piperidine rings is 1. The van der Waals surface area contributed by atoms with Gasteiger partial charge in [-0.25, -0.2) is 9.59 Å². The SMILES string of the molecule is Cc1ccc(C(=O)OC2CCN(C(=O)OC(C)(C)C)CC2)cc1C. The van der Waals surface area contributed by atoms with Gasteiger partial charge in [0.25, 0.3) is 0 Å². The van der Waals surface area contributed by atoms with E-state index >= 15 is 0 Å². The molecule has 1 heterocycles. The van der Waals surface area contributed by atoms with Gasteiger partial charge in [-0.15, -0.1) is 0 Å². The summed E-state index contributed by atoms with van der Waals surface area (Å²) in [5, 5.41) is 0. The predicted molar refractivity (Wildman–Crippen MR) is 92.2 cm³/mol. The molecule has 5 nitrogen and oxygen atoms in total. The highest BCUT2D eigenvalue weighted by molar-refractivity contribution is 5.89. The van der Waals surface area contributed by atoms with Crippen molar-refractivity contribution in [1.82, 2.24) is 4.90 Å². The Morgan fingerprint density at radius 2 is 1.71 bits per heavy atom. The third-order valence-corrected chi connectivity index (χ3v) is 4.11. The van der Waals surface area contributed by atoms with E-state index in [1.54, 1.807) is 11.0 Å². The number of carbonyl (C=O) groups excluding carboxylic acids is 2. The molecule has 1 aromatic rings. The van der Waals surface area contributed by atoms with E-state index in [0.717, 1.165) is 11.1 Å². The van der Waals surface area contributed by atoms with Crippen LogP contribution in [0.2, 0.25) is 0 Å². The van der Waals surface area contributed by atoms with Crippen LogP contribution in [0.3, 0.4) is 0 Å². The molecule has 0 radical (unpaired) electrons. The molecule has 1 aromatic carbocycles. The fraction of sp³-hybridized carbons (Fsp3) is 0.579. The Morgan fingerprint density at radius 1 is 1.08 bits per heavy atom. The topological polar surface area (TPSA) is 55.8 Å². The van der Waals surface area contributed by atoms with Gasteiger partial charge in [-0.05, 0) is 57.9 Å². The van der Waals surface area contributed by atoms with Crippen molar-refractivity contribution in [2.24, 2.45) is 0 Å². The van der Waals surface area contributed by atoms with E-state index in [-0.39, 0.29) is 18.2 Å². The average Bonchev–Trinajstić information content (AvgIpc) is 2.49. The number of nitrogens with zero attached hydrogens (tertiary/aromatic N) is 1. The molecule has 0 saturated carbocycles. The summed E-state index contributed by atoms with van der Waals surface area (Å²) in [6.45, 7) is 10.6. The second-order valence-corrected chi connectivity index (χ2v) is 7.37. The molecule has 1 aliphatic heterocycles. The summed E-state index contributed by atoms with van der Waals surface area (Å²) < 4.78 is 10.9. The summed E-state index contributed by atoms with van der Waals surface area (Å²) in [7, 11) is 0. The molecule has 132 valence electrons. The van der Waals surface area contributed by atoms with Crippen LogP contribution in [-0.4, -0.2) is 41.8 Å². The van der Waals surface area contributed by atoms with Crippen LogP contribution in [0.5, 0.6) is 0 Å². The van der Waals surface area contributed by atoms with E-state index in [1.807, 2.05) is 46.8 Å². The zero-order valence-electron chi connectivity index (χ0n) is 15.2. The number of benzene rings is 1. The Bertz CT molecular complexity index is 610. The molecule has 1 fully saturated rings. The lowest BCUT2D eigenvalue weighted by atomic mass is 10.1. The number of amides is 1. The van der Waals surface area contributed by atoms with Gasteiger partial charge in [-0.1, -0.05) is 6.07 Å². The smallest absolute Gasteiger partial charge is 0.410 e. The highest BCUT2D eigenvalue weighted by atomic mass is 16.6. The molecule has 5 heteroatoms. The van der Waals surface area contributed by atoms with Crippen LogP contribution < -0.4 is 0 Å². The summed E-state index contributed by atoms with van der Waals surface area (Å²) in [5.41, 5.74) is 2.30. The van der Waals surface area contributed by atoms with Crippen molar-refractivity contribution in [3.63, 3.8) is 0 Å². The quantitative estimate of drug-likeness (QED) is 0.771. The van der Waals surface area contributed by atoms with Gasteiger partial charge in [0.05, 0.1) is 5.56 Å². The number of rotatable bonds is 2. The molecule has 0 spiro atoms. The first-order chi connectivity index (χ1) is 11.2. The van der Waals surface area contributed by atoms with Gasteiger partial charge in [0, 0.05) is 25.9 Å². The molecule has 0 unspecified atom stereocenters. The lowest BCUT2D eigenvalue weighted by Gasteiger charge is -2.33. The van der Waals surface area contributed by atoms with Crippen LogP contribution in [0.25, 0.3) is 0 Å². The van der Waals surface area contributed by atoms with Crippen LogP contribution in [-0.2, 0) is 9.47 Å². The molecule has 0 aromatic heterocycles. The minimum atomic E-state index is -0.496. The molecule has 0 N–H and O–H groups in total. The number of hydrogen-bond acceptors (Lipinski definition) is 4. The van der Waals surface area contributed by atoms with Crippen molar-refractivity contribution < 1.29 is 19.1 Å². The number of aryl methyl sites for hydroxylation is 2. The van der Waals surface area contributed by atoms with Crippen LogP contribution in [0.4, 0.5) is 4.79 Å². The molecule has 1 amide bonds. The van der Waals surface area contributed by atoms with Crippen LogP contribution in [0.15, 0.2) is 18.2 Å². The molecular formula is C19H27NO4. The van der Waals surface area contributed by atoms with E-state index in [1.165, 1.54) is 0 Å². The zero-order valence-corrected chi connectivity index (χ0v) is 15.2. The lowest BCUT2D eigenvalue weighted by Crippen LogP contribution is -2.43. The molecule has 0 aliphatic carbocycles. The summed E-state index contributed by atoms with van der Waals surface area (Å²) in [6.07, 6.45) is 0.810. The molecule has 24 heavy (non-hydrogen) atoms. The van der Waals surface area contributed by atoms with Crippen LogP contribution in [0, 0.1) is 13.8 Å². The van der Waals surface area contributed by atoms with Crippen molar-refractivity contribution in [3.8, 4) is 0 Å². The Kier molecular flexibility index (Phi) is 5.52. The molecule has 2 rings (SSSR count). The number of likely N-dealkylation sites (tertiary alicyclic amines) is 1. The minimum Gasteiger partial charge on any atom is -0.459 e. The highest BCUT2D eigenvalue weighted by Gasteiger charge is 2.28. The Labute approximate surface area is 143 Å². The first kappa shape index (κ1) is 18.3. The standard InChI is InChI=1S/C19H27NO4/c1-13-6-7-15(12-14(13)2)17(21)23-16-8-10-20(11-9-16)18(22)24-19(3,4)5/h6-7,12,16H,8-11H2,1-5H3. The number of hydrogen-bond donors (Lipinski definition) is 0. The third-order valence-electron chi connectivity index (χ3n) is 4.11. The van der Waals surface area contributed by atoms with Crippen molar-refractivity contribution in [2.75, 3.05) is 13.1 Å². The lowest BCUT2D eigenvalue weighted by molar-refractivity contribution is -0.00340. The largest absolute Gasteiger partial charge is 0.459 e. The highest BCUT2D eigenvalue weighted by Crippen LogP contribution is 2.19.